The van der Waals surface area contributed by atoms with Gasteiger partial charge >= 0.3 is 0 Å². The van der Waals surface area contributed by atoms with Crippen LogP contribution in [0.5, 0.6) is 0 Å². The van der Waals surface area contributed by atoms with Crippen molar-refractivity contribution >= 4 is 75.1 Å². The van der Waals surface area contributed by atoms with Crippen LogP contribution in [0.25, 0.3) is 20.5 Å². The zero-order valence-electron chi connectivity index (χ0n) is 18.6. The summed E-state index contributed by atoms with van der Waals surface area (Å²) in [7, 11) is -8.02. The lowest BCUT2D eigenvalue weighted by Crippen LogP contribution is -2.41. The topological polar surface area (TPSA) is 101 Å². The molecule has 1 atom stereocenters. The molecule has 0 unspecified atom stereocenters. The van der Waals surface area contributed by atoms with Crippen molar-refractivity contribution in [2.45, 2.75) is 21.6 Å². The van der Waals surface area contributed by atoms with Crippen molar-refractivity contribution in [3.05, 3.63) is 64.8 Å². The van der Waals surface area contributed by atoms with Crippen LogP contribution in [0.3, 0.4) is 0 Å². The van der Waals surface area contributed by atoms with Crippen LogP contribution in [0.2, 0.25) is 4.34 Å². The molecule has 0 spiro atoms. The van der Waals surface area contributed by atoms with Crippen molar-refractivity contribution in [1.82, 2.24) is 4.72 Å². The van der Waals surface area contributed by atoms with E-state index in [0.717, 1.165) is 31.9 Å². The first-order chi connectivity index (χ1) is 17.0. The highest BCUT2D eigenvalue weighted by Gasteiger charge is 2.38. The SMILES string of the molecule is CS(=O)(=O)c1c(-c2ccccc2)ccc(N2CC[C@H](NS(=O)(=O)c3cc4sc(Cl)cc4s3)C2=O)c1F. The van der Waals surface area contributed by atoms with Crippen LogP contribution in [0.4, 0.5) is 10.1 Å². The first-order valence-corrected chi connectivity index (χ1v) is 15.9. The lowest BCUT2D eigenvalue weighted by atomic mass is 10.0. The normalized spacial score (nSPS) is 16.8. The lowest BCUT2D eigenvalue weighted by Gasteiger charge is -2.20. The predicted molar refractivity (Wildman–Crippen MR) is 141 cm³/mol. The van der Waals surface area contributed by atoms with Crippen molar-refractivity contribution in [2.24, 2.45) is 0 Å². The van der Waals surface area contributed by atoms with Gasteiger partial charge in [-0.3, -0.25) is 4.79 Å². The zero-order chi connectivity index (χ0) is 25.8. The molecule has 1 aliphatic heterocycles. The number of hydrogen-bond donors (Lipinski definition) is 1. The van der Waals surface area contributed by atoms with E-state index in [9.17, 15) is 21.6 Å². The number of anilines is 1. The standard InChI is InChI=1S/C23H18ClFN2O5S4/c1-35(29,30)22-14(13-5-3-2-4-6-13)7-8-16(21(22)25)27-10-9-15(23(27)28)26-36(31,32)20-12-18-17(34-20)11-19(24)33-18/h2-8,11-12,15,26H,9-10H2,1H3/t15-/m0/s1. The Morgan fingerprint density at radius 3 is 2.39 bits per heavy atom. The predicted octanol–water partition coefficient (Wildman–Crippen LogP) is 4.91. The van der Waals surface area contributed by atoms with Gasteiger partial charge < -0.3 is 4.90 Å². The minimum atomic E-state index is -4.02. The monoisotopic (exact) mass is 584 g/mol. The van der Waals surface area contributed by atoms with E-state index >= 15 is 4.39 Å². The van der Waals surface area contributed by atoms with Crippen molar-refractivity contribution in [3.8, 4) is 11.1 Å². The van der Waals surface area contributed by atoms with Crippen molar-refractivity contribution in [2.75, 3.05) is 17.7 Å². The van der Waals surface area contributed by atoms with Crippen LogP contribution in [0.15, 0.2) is 63.7 Å². The Morgan fingerprint density at radius 1 is 1.03 bits per heavy atom. The third-order valence-corrected chi connectivity index (χ3v) is 11.3. The van der Waals surface area contributed by atoms with E-state index in [0.29, 0.717) is 9.90 Å². The molecular formula is C23H18ClFN2O5S4. The molecule has 1 fully saturated rings. The van der Waals surface area contributed by atoms with Gasteiger partial charge in [0.2, 0.25) is 5.91 Å². The van der Waals surface area contributed by atoms with Crippen molar-refractivity contribution in [1.29, 1.82) is 0 Å². The number of sulfone groups is 1. The first kappa shape index (κ1) is 25.3. The Kier molecular flexibility index (Phi) is 6.46. The molecule has 1 N–H and O–H groups in total. The molecule has 0 radical (unpaired) electrons. The molecule has 4 aromatic rings. The van der Waals surface area contributed by atoms with Gasteiger partial charge in [0.25, 0.3) is 10.0 Å². The van der Waals surface area contributed by atoms with Gasteiger partial charge in [-0.05, 0) is 30.2 Å². The number of halogens is 2. The highest BCUT2D eigenvalue weighted by molar-refractivity contribution is 7.92. The number of rotatable bonds is 6. The molecule has 2 aromatic heterocycles. The summed E-state index contributed by atoms with van der Waals surface area (Å²) in [6, 6.07) is 13.4. The van der Waals surface area contributed by atoms with E-state index < -0.39 is 42.5 Å². The molecule has 7 nitrogen and oxygen atoms in total. The summed E-state index contributed by atoms with van der Waals surface area (Å²) in [4.78, 5) is 13.7. The van der Waals surface area contributed by atoms with Crippen LogP contribution in [0.1, 0.15) is 6.42 Å². The zero-order valence-corrected chi connectivity index (χ0v) is 22.6. The Balaban J connectivity index is 1.45. The molecular weight excluding hydrogens is 567 g/mol. The van der Waals surface area contributed by atoms with E-state index in [1.54, 1.807) is 36.4 Å². The van der Waals surface area contributed by atoms with Gasteiger partial charge in [0.15, 0.2) is 15.7 Å². The Hall–Kier alpha value is -2.35. The maximum atomic E-state index is 15.7. The fourth-order valence-electron chi connectivity index (χ4n) is 4.15. The average molecular weight is 585 g/mol. The highest BCUT2D eigenvalue weighted by Crippen LogP contribution is 2.38. The second-order valence-electron chi connectivity index (χ2n) is 8.21. The number of sulfonamides is 1. The summed E-state index contributed by atoms with van der Waals surface area (Å²) in [6.07, 6.45) is 1.00. The molecule has 0 saturated carbocycles. The van der Waals surface area contributed by atoms with Crippen LogP contribution < -0.4 is 9.62 Å². The molecule has 13 heteroatoms. The van der Waals surface area contributed by atoms with Gasteiger partial charge in [0.1, 0.15) is 15.1 Å². The average Bonchev–Trinajstić information content (AvgIpc) is 3.47. The Morgan fingerprint density at radius 2 is 1.72 bits per heavy atom. The van der Waals surface area contributed by atoms with Crippen LogP contribution in [-0.4, -0.2) is 41.6 Å². The molecule has 1 saturated heterocycles. The Bertz CT molecular complexity index is 1680. The number of carbonyl (C=O) groups is 1. The van der Waals surface area contributed by atoms with E-state index in [1.807, 2.05) is 0 Å². The van der Waals surface area contributed by atoms with Gasteiger partial charge in [-0.15, -0.1) is 22.7 Å². The summed E-state index contributed by atoms with van der Waals surface area (Å²) >= 11 is 8.25. The minimum absolute atomic E-state index is 0.0198. The highest BCUT2D eigenvalue weighted by atomic mass is 35.5. The van der Waals surface area contributed by atoms with Crippen molar-refractivity contribution < 1.29 is 26.0 Å². The van der Waals surface area contributed by atoms with Gasteiger partial charge in [-0.1, -0.05) is 48.0 Å². The Labute approximate surface area is 220 Å². The summed E-state index contributed by atoms with van der Waals surface area (Å²) < 4.78 is 71.0. The molecule has 36 heavy (non-hydrogen) atoms. The van der Waals surface area contributed by atoms with Crippen LogP contribution in [-0.2, 0) is 24.7 Å². The van der Waals surface area contributed by atoms with E-state index in [2.05, 4.69) is 4.72 Å². The third-order valence-electron chi connectivity index (χ3n) is 5.75. The van der Waals surface area contributed by atoms with E-state index in [1.165, 1.54) is 29.5 Å². The lowest BCUT2D eigenvalue weighted by molar-refractivity contribution is -0.118. The van der Waals surface area contributed by atoms with Gasteiger partial charge in [0.05, 0.1) is 10.0 Å². The number of hydrogen-bond acceptors (Lipinski definition) is 7. The third kappa shape index (κ3) is 4.57. The summed E-state index contributed by atoms with van der Waals surface area (Å²) in [6.45, 7) is 0.0198. The number of benzene rings is 2. The number of carbonyl (C=O) groups excluding carboxylic acids is 1. The van der Waals surface area contributed by atoms with Gasteiger partial charge in [-0.25, -0.2) is 21.2 Å². The number of nitrogens with one attached hydrogen (secondary N) is 1. The number of nitrogens with zero attached hydrogens (tertiary/aromatic N) is 1. The van der Waals surface area contributed by atoms with Gasteiger partial charge in [0, 0.05) is 27.8 Å². The molecule has 1 aliphatic rings. The quantitative estimate of drug-likeness (QED) is 0.347. The molecule has 1 amide bonds. The minimum Gasteiger partial charge on any atom is -0.308 e. The summed E-state index contributed by atoms with van der Waals surface area (Å²) in [5, 5.41) is 0. The van der Waals surface area contributed by atoms with E-state index in [4.69, 9.17) is 11.6 Å². The smallest absolute Gasteiger partial charge is 0.250 e. The maximum absolute atomic E-state index is 15.7. The fourth-order valence-corrected chi connectivity index (χ4v) is 9.35. The summed E-state index contributed by atoms with van der Waals surface area (Å²) in [5.41, 5.74) is 0.480. The van der Waals surface area contributed by atoms with Gasteiger partial charge in [-0.2, -0.15) is 4.72 Å². The van der Waals surface area contributed by atoms with E-state index in [-0.39, 0.29) is 28.4 Å². The number of thiophene rings is 2. The second kappa shape index (κ2) is 9.19. The largest absolute Gasteiger partial charge is 0.308 e. The molecule has 3 heterocycles. The molecule has 2 aromatic carbocycles. The summed E-state index contributed by atoms with van der Waals surface area (Å²) in [5.74, 6) is -1.71. The fraction of sp³-hybridized carbons (Fsp3) is 0.174. The molecule has 0 aliphatic carbocycles. The van der Waals surface area contributed by atoms with Crippen LogP contribution in [0, 0.1) is 5.82 Å². The van der Waals surface area contributed by atoms with Crippen molar-refractivity contribution in [3.63, 3.8) is 0 Å². The van der Waals surface area contributed by atoms with Crippen LogP contribution >= 0.6 is 34.3 Å². The molecule has 5 rings (SSSR count). The molecule has 188 valence electrons. The number of amides is 1. The first-order valence-electron chi connectivity index (χ1n) is 10.6. The molecule has 0 bridgehead atoms. The number of fused-ring (bicyclic) bond motifs is 1. The maximum Gasteiger partial charge on any atom is 0.250 e. The second-order valence-corrected chi connectivity index (χ2v) is 14.9.